The molecule has 10 rings (SSSR count). The molecule has 77 heavy (non-hydrogen) atoms. The lowest BCUT2D eigenvalue weighted by atomic mass is 9.90. The minimum Gasteiger partial charge on any atom is -0.394 e. The molecule has 4 aliphatic rings. The maximum absolute atomic E-state index is 14.1. The fraction of sp³-hybridized carbons (Fsp3) is 0.571. The number of phosphoric acid groups is 2. The van der Waals surface area contributed by atoms with Crippen molar-refractivity contribution in [3.8, 4) is 0 Å². The summed E-state index contributed by atoms with van der Waals surface area (Å²) < 4.78 is 99.6. The molecule has 0 aliphatic carbocycles. The largest absolute Gasteiger partial charge is 0.472 e. The molecule has 420 valence electrons. The van der Waals surface area contributed by atoms with E-state index in [-0.39, 0.29) is 64.0 Å². The lowest BCUT2D eigenvalue weighted by molar-refractivity contribution is -0.135. The molecule has 0 radical (unpaired) electrons. The summed E-state index contributed by atoms with van der Waals surface area (Å²) in [5.41, 5.74) is 17.1. The monoisotopic (exact) mass is 1200 g/mol. The Hall–Kier alpha value is -3.95. The van der Waals surface area contributed by atoms with E-state index in [0.717, 1.165) is 12.7 Å². The first-order chi connectivity index (χ1) is 36.5. The third-order valence-electron chi connectivity index (χ3n) is 12.5. The number of ether oxygens (including phenoxy) is 5. The normalized spacial score (nSPS) is 31.0. The fourth-order valence-corrected chi connectivity index (χ4v) is 13.2. The second kappa shape index (κ2) is 21.8. The van der Waals surface area contributed by atoms with E-state index in [1.165, 1.54) is 46.1 Å². The summed E-state index contributed by atoms with van der Waals surface area (Å²) in [5, 5.41) is 21.1. The predicted molar refractivity (Wildman–Crippen MR) is 261 cm³/mol. The van der Waals surface area contributed by atoms with Gasteiger partial charge in [-0.3, -0.25) is 40.8 Å². The van der Waals surface area contributed by atoms with Crippen LogP contribution in [-0.4, -0.2) is 194 Å². The van der Waals surface area contributed by atoms with Crippen LogP contribution in [0, 0.1) is 0 Å². The zero-order chi connectivity index (χ0) is 54.8. The number of phosphoric ester groups is 2. The molecule has 36 nitrogen and oxygen atoms in total. The highest BCUT2D eigenvalue weighted by atomic mass is 32.5. The van der Waals surface area contributed by atoms with Crippen LogP contribution in [0.25, 0.3) is 33.5 Å². The Morgan fingerprint density at radius 1 is 0.675 bits per heavy atom. The third-order valence-corrected chi connectivity index (χ3v) is 16.8. The molecular weight excluding hydrogens is 1150 g/mol. The maximum Gasteiger partial charge on any atom is 0.472 e. The van der Waals surface area contributed by atoms with Crippen LogP contribution in [0.3, 0.4) is 0 Å². The van der Waals surface area contributed by atoms with Gasteiger partial charge in [-0.1, -0.05) is 0 Å². The van der Waals surface area contributed by atoms with Crippen molar-refractivity contribution in [3.05, 3.63) is 38.0 Å². The first-order valence-electron chi connectivity index (χ1n) is 22.4. The molecule has 4 saturated heterocycles. The molecule has 4 aliphatic heterocycles. The first kappa shape index (κ1) is 56.3. The van der Waals surface area contributed by atoms with Crippen LogP contribution < -0.4 is 17.2 Å². The number of nitrogens with zero attached hydrogens (tertiary/aromatic N) is 12. The number of aromatic nitrogens is 12. The Bertz CT molecular complexity index is 3350. The highest BCUT2D eigenvalue weighted by Gasteiger charge is 2.62. The van der Waals surface area contributed by atoms with Gasteiger partial charge in [0, 0.05) is 13.5 Å². The topological polar surface area (TPSA) is 495 Å². The van der Waals surface area contributed by atoms with Crippen LogP contribution >= 0.6 is 29.1 Å². The van der Waals surface area contributed by atoms with Crippen LogP contribution in [0.4, 0.5) is 17.5 Å². The summed E-state index contributed by atoms with van der Waals surface area (Å²) in [7, 11) is -8.97. The molecule has 6 aromatic heterocycles. The fourth-order valence-electron chi connectivity index (χ4n) is 9.18. The molecule has 0 saturated carbocycles. The van der Waals surface area contributed by atoms with E-state index < -0.39 is 135 Å². The SMILES string of the molecule is COC1[C@@H](COP(=O)(O)OCCO)O[C@@H](n2cnc3c(N)ncnc32)[C@H]1OP(=O)(O)OC[C@H]1O[C@@H](n2cnc3c(N)ncnc32)[C@@H](OP(O)(=S)OC[C@]23CCO[C@@H](C2OP(O)(O)=S)[C@H](n2cnc4c(N)ncnc42)O3)C1O. The summed E-state index contributed by atoms with van der Waals surface area (Å²) in [5.74, 6) is -0.0225. The zero-order valence-corrected chi connectivity index (χ0v) is 44.5. The number of aliphatic hydroxyl groups excluding tert-OH is 2. The van der Waals surface area contributed by atoms with Crippen molar-refractivity contribution in [2.24, 2.45) is 0 Å². The van der Waals surface area contributed by atoms with Crippen molar-refractivity contribution in [2.45, 2.75) is 79.5 Å². The number of anilines is 3. The minimum atomic E-state index is -5.37. The van der Waals surface area contributed by atoms with Crippen LogP contribution in [0.2, 0.25) is 0 Å². The van der Waals surface area contributed by atoms with E-state index in [1.807, 2.05) is 0 Å². The van der Waals surface area contributed by atoms with E-state index in [2.05, 4.69) is 44.9 Å². The van der Waals surface area contributed by atoms with Gasteiger partial charge in [0.25, 0.3) is 0 Å². The van der Waals surface area contributed by atoms with Gasteiger partial charge in [0.2, 0.25) is 0 Å². The van der Waals surface area contributed by atoms with Gasteiger partial charge in [-0.2, -0.15) is 0 Å². The Labute approximate surface area is 441 Å². The molecule has 4 fully saturated rings. The minimum absolute atomic E-state index is 0.00636. The van der Waals surface area contributed by atoms with E-state index in [1.54, 1.807) is 0 Å². The number of fused-ring (bicyclic) bond motifs is 5. The molecule has 0 amide bonds. The summed E-state index contributed by atoms with van der Waals surface area (Å²) >= 11 is 10.4. The molecule has 6 aromatic rings. The number of imidazole rings is 3. The quantitative estimate of drug-likeness (QED) is 0.0339. The Morgan fingerprint density at radius 2 is 1.19 bits per heavy atom. The van der Waals surface area contributed by atoms with Crippen LogP contribution in [0.15, 0.2) is 38.0 Å². The second-order valence-electron chi connectivity index (χ2n) is 17.2. The Balaban J connectivity index is 0.894. The molecule has 13 N–H and O–H groups in total. The molecule has 42 heteroatoms. The summed E-state index contributed by atoms with van der Waals surface area (Å²) in [6.07, 6.45) is -9.13. The molecule has 0 aromatic carbocycles. The Morgan fingerprint density at radius 3 is 1.74 bits per heavy atom. The number of methoxy groups -OCH3 is 1. The number of rotatable bonds is 22. The first-order valence-corrected chi connectivity index (χ1v) is 30.6. The lowest BCUT2D eigenvalue weighted by Crippen LogP contribution is -2.52. The van der Waals surface area contributed by atoms with Gasteiger partial charge in [-0.05, 0) is 23.6 Å². The van der Waals surface area contributed by atoms with Crippen molar-refractivity contribution >= 4 is 104 Å². The highest BCUT2D eigenvalue weighted by molar-refractivity contribution is 8.07. The average Bonchev–Trinajstić information content (AvgIpc) is 4.29. The number of hydrogen-bond donors (Lipinski definition) is 10. The number of nitrogens with two attached hydrogens (primary N) is 3. The van der Waals surface area contributed by atoms with Crippen LogP contribution in [-0.2, 0) is 88.1 Å². The average molecular weight is 1200 g/mol. The van der Waals surface area contributed by atoms with Crippen molar-refractivity contribution in [1.29, 1.82) is 0 Å². The summed E-state index contributed by atoms with van der Waals surface area (Å²) in [6, 6.07) is 0. The standard InChI is InChI=1S/C35H47N15O21P4S2/c1-60-21-16(7-63-72(53,54)62-5-3-51)67-33(49-13-46-18-27(37)40-10-43-30(18)49)23(21)69-73(55,56)64-6-15-20(52)22(32(66-15)48-12-45-17-26(36)39-9-42-29(17)48)70-75(59,77)65-8-35-2-4-61-24(25(35)71-74(57,58)76)34(68-35)50-14-47-19-28(38)41-11-44-31(19)50/h9-16,20-25,32-34,51-52H,2-8H2,1H3,(H,53,54)(H,55,56)(H,59,77)(H2,36,39,42)(H2,37,40,43)(H2,38,41,44)(H2,57,58,76)/t15-,16-,20?,21?,22+,23+,24+,25?,32-,33-,34-,35-,75?/m1/s1. The third kappa shape index (κ3) is 11.4. The van der Waals surface area contributed by atoms with Crippen LogP contribution in [0.5, 0.6) is 0 Å². The van der Waals surface area contributed by atoms with Gasteiger partial charge in [0.1, 0.15) is 90.0 Å². The molecule has 10 heterocycles. The van der Waals surface area contributed by atoms with Crippen molar-refractivity contribution < 1.29 is 99.2 Å². The van der Waals surface area contributed by atoms with Crippen molar-refractivity contribution in [3.63, 3.8) is 0 Å². The molecule has 0 spiro atoms. The van der Waals surface area contributed by atoms with E-state index in [4.69, 9.17) is 101 Å². The van der Waals surface area contributed by atoms with Gasteiger partial charge in [-0.15, -0.1) is 0 Å². The van der Waals surface area contributed by atoms with Gasteiger partial charge in [0.15, 0.2) is 53.1 Å². The second-order valence-corrected chi connectivity index (χ2v) is 25.5. The molecule has 2 bridgehead atoms. The number of hydrogen-bond acceptors (Lipinski definition) is 30. The van der Waals surface area contributed by atoms with E-state index in [0.29, 0.717) is 0 Å². The van der Waals surface area contributed by atoms with E-state index in [9.17, 15) is 38.7 Å². The van der Waals surface area contributed by atoms with Gasteiger partial charge in [-0.25, -0.2) is 54.0 Å². The molecular formula is C35H47N15O21P4S2. The Kier molecular flexibility index (Phi) is 16.0. The molecule has 6 unspecified atom stereocenters. The zero-order valence-electron chi connectivity index (χ0n) is 39.3. The van der Waals surface area contributed by atoms with Gasteiger partial charge >= 0.3 is 29.1 Å². The smallest absolute Gasteiger partial charge is 0.394 e. The number of nitrogen functional groups attached to an aromatic ring is 3. The van der Waals surface area contributed by atoms with E-state index >= 15 is 0 Å². The summed E-state index contributed by atoms with van der Waals surface area (Å²) in [4.78, 5) is 91.5. The van der Waals surface area contributed by atoms with Crippen molar-refractivity contribution in [2.75, 3.05) is 64.0 Å². The van der Waals surface area contributed by atoms with Crippen LogP contribution in [0.1, 0.15) is 25.1 Å². The lowest BCUT2D eigenvalue weighted by Gasteiger charge is -2.39. The van der Waals surface area contributed by atoms with Crippen molar-refractivity contribution in [1.82, 2.24) is 58.6 Å². The molecule has 15 atom stereocenters. The van der Waals surface area contributed by atoms with Gasteiger partial charge in [0.05, 0.1) is 58.6 Å². The maximum atomic E-state index is 14.1. The predicted octanol–water partition coefficient (Wildman–Crippen LogP) is -1.68. The van der Waals surface area contributed by atoms with Gasteiger partial charge < -0.3 is 80.1 Å². The highest BCUT2D eigenvalue weighted by Crippen LogP contribution is 2.57. The summed E-state index contributed by atoms with van der Waals surface area (Å²) in [6.45, 7) is -12.6. The number of aliphatic hydroxyl groups is 2.